The smallest absolute Gasteiger partial charge is 0.257 e. The summed E-state index contributed by atoms with van der Waals surface area (Å²) in [7, 11) is 0. The second-order valence-corrected chi connectivity index (χ2v) is 11.6. The molecule has 0 unspecified atom stereocenters. The predicted molar refractivity (Wildman–Crippen MR) is 155 cm³/mol. The summed E-state index contributed by atoms with van der Waals surface area (Å²) in [4.78, 5) is 39.6. The second-order valence-electron chi connectivity index (χ2n) is 11.6. The van der Waals surface area contributed by atoms with Crippen LogP contribution in [0.2, 0.25) is 0 Å². The lowest BCUT2D eigenvalue weighted by atomic mass is 9.92. The van der Waals surface area contributed by atoms with Crippen molar-refractivity contribution in [1.29, 1.82) is 0 Å². The van der Waals surface area contributed by atoms with E-state index in [1.165, 1.54) is 0 Å². The number of halogens is 2. The maximum absolute atomic E-state index is 14.7. The van der Waals surface area contributed by atoms with Crippen LogP contribution in [0.25, 0.3) is 11.4 Å². The molecule has 1 fully saturated rings. The first-order valence-corrected chi connectivity index (χ1v) is 14.6. The molecule has 2 amide bonds. The highest BCUT2D eigenvalue weighted by Gasteiger charge is 2.25. The van der Waals surface area contributed by atoms with Gasteiger partial charge in [-0.3, -0.25) is 9.59 Å². The van der Waals surface area contributed by atoms with E-state index in [4.69, 9.17) is 15.0 Å². The fraction of sp³-hybridized carbons (Fsp3) is 0.533. The number of nitrogens with two attached hydrogens (primary N) is 1. The van der Waals surface area contributed by atoms with Crippen LogP contribution in [0.4, 0.5) is 14.7 Å². The molecule has 4 rings (SSSR count). The number of rotatable bonds is 13. The lowest BCUT2D eigenvalue weighted by Gasteiger charge is -2.32. The Morgan fingerprint density at radius 1 is 1.12 bits per heavy atom. The predicted octanol–water partition coefficient (Wildman–Crippen LogP) is 4.63. The number of piperidine rings is 1. The first kappa shape index (κ1) is 31.8. The molecule has 0 aliphatic carbocycles. The van der Waals surface area contributed by atoms with Crippen molar-refractivity contribution in [3.63, 3.8) is 0 Å². The maximum Gasteiger partial charge on any atom is 0.257 e. The molecule has 0 bridgehead atoms. The highest BCUT2D eigenvalue weighted by Crippen LogP contribution is 2.26. The zero-order valence-corrected chi connectivity index (χ0v) is 25.0. The number of carbonyl (C=O) groups is 2. The molecule has 1 atom stereocenters. The maximum atomic E-state index is 14.7. The molecule has 2 aromatic heterocycles. The van der Waals surface area contributed by atoms with Gasteiger partial charge in [-0.1, -0.05) is 32.9 Å². The molecule has 0 spiro atoms. The van der Waals surface area contributed by atoms with E-state index in [1.54, 1.807) is 12.4 Å². The quantitative estimate of drug-likeness (QED) is 0.268. The molecule has 0 radical (unpaired) electrons. The van der Waals surface area contributed by atoms with E-state index in [0.717, 1.165) is 44.5 Å². The Labute approximate surface area is 249 Å². The van der Waals surface area contributed by atoms with Gasteiger partial charge in [-0.05, 0) is 43.9 Å². The number of nitrogens with one attached hydrogen (secondary N) is 1. The van der Waals surface area contributed by atoms with Crippen molar-refractivity contribution in [2.24, 2.45) is 17.6 Å². The number of benzene rings is 1. The van der Waals surface area contributed by atoms with Gasteiger partial charge in [0.15, 0.2) is 0 Å². The molecule has 1 saturated heterocycles. The summed E-state index contributed by atoms with van der Waals surface area (Å²) in [6.45, 7) is 9.57. The number of aromatic nitrogens is 4. The molecule has 1 aromatic carbocycles. The van der Waals surface area contributed by atoms with E-state index in [-0.39, 0.29) is 30.6 Å². The summed E-state index contributed by atoms with van der Waals surface area (Å²) in [5.74, 6) is -1.57. The number of carbonyl (C=O) groups excluding carboxylic acids is 2. The van der Waals surface area contributed by atoms with Gasteiger partial charge < -0.3 is 25.2 Å². The van der Waals surface area contributed by atoms with Gasteiger partial charge in [-0.25, -0.2) is 18.7 Å². The van der Waals surface area contributed by atoms with Crippen molar-refractivity contribution >= 4 is 17.8 Å². The number of nitrogens with zero attached hydrogens (tertiary/aromatic N) is 5. The monoisotopic (exact) mass is 599 g/mol. The number of hydrogen-bond acceptors (Lipinski definition) is 9. The highest BCUT2D eigenvalue weighted by molar-refractivity contribution is 5.97. The highest BCUT2D eigenvalue weighted by atomic mass is 19.1. The molecule has 3 aromatic rings. The fourth-order valence-corrected chi connectivity index (χ4v) is 4.97. The van der Waals surface area contributed by atoms with Gasteiger partial charge in [-0.2, -0.15) is 4.98 Å². The van der Waals surface area contributed by atoms with Crippen LogP contribution in [0.3, 0.4) is 0 Å². The van der Waals surface area contributed by atoms with Gasteiger partial charge in [0, 0.05) is 43.5 Å². The van der Waals surface area contributed by atoms with Crippen molar-refractivity contribution in [2.45, 2.75) is 71.8 Å². The van der Waals surface area contributed by atoms with Crippen LogP contribution in [0.5, 0.6) is 5.75 Å². The minimum Gasteiger partial charge on any atom is -0.493 e. The molecule has 232 valence electrons. The standard InChI is InChI=1S/C30H39F2N7O4/c1-17(2)12-24(26(33)40)36-28(41)25-22(31)13-21(14-23(25)32)42-11-5-6-19-7-9-39(10-8-19)30-34-15-20(16-35-30)27-37-29(18(3)4)43-38-27/h13-19,24H,5-12H2,1-4H3,(H2,33,40)(H,36,41)/t24-/m0/s1. The first-order valence-electron chi connectivity index (χ1n) is 14.6. The van der Waals surface area contributed by atoms with Crippen LogP contribution >= 0.6 is 0 Å². The molecule has 13 heteroatoms. The van der Waals surface area contributed by atoms with Gasteiger partial charge in [0.1, 0.15) is 29.0 Å². The third-order valence-electron chi connectivity index (χ3n) is 7.35. The third kappa shape index (κ3) is 8.45. The van der Waals surface area contributed by atoms with Gasteiger partial charge in [0.05, 0.1) is 12.2 Å². The summed E-state index contributed by atoms with van der Waals surface area (Å²) >= 11 is 0. The lowest BCUT2D eigenvalue weighted by Crippen LogP contribution is -2.45. The van der Waals surface area contributed by atoms with Crippen LogP contribution in [0.1, 0.15) is 82.0 Å². The van der Waals surface area contributed by atoms with E-state index in [9.17, 15) is 18.4 Å². The van der Waals surface area contributed by atoms with Gasteiger partial charge >= 0.3 is 0 Å². The zero-order chi connectivity index (χ0) is 31.1. The van der Waals surface area contributed by atoms with Crippen molar-refractivity contribution in [3.8, 4) is 17.1 Å². The van der Waals surface area contributed by atoms with E-state index in [2.05, 4.69) is 30.3 Å². The Morgan fingerprint density at radius 3 is 2.33 bits per heavy atom. The number of ether oxygens (including phenoxy) is 1. The van der Waals surface area contributed by atoms with Gasteiger partial charge in [0.2, 0.25) is 23.6 Å². The van der Waals surface area contributed by atoms with Crippen LogP contribution in [0, 0.1) is 23.5 Å². The van der Waals surface area contributed by atoms with E-state index >= 15 is 0 Å². The van der Waals surface area contributed by atoms with E-state index in [1.807, 2.05) is 27.7 Å². The van der Waals surface area contributed by atoms with Gasteiger partial charge in [0.25, 0.3) is 5.91 Å². The van der Waals surface area contributed by atoms with E-state index in [0.29, 0.717) is 35.6 Å². The molecule has 3 N–H and O–H groups in total. The normalized spacial score (nSPS) is 14.7. The Bertz CT molecular complexity index is 1370. The van der Waals surface area contributed by atoms with E-state index < -0.39 is 35.1 Å². The topological polar surface area (TPSA) is 149 Å². The number of primary amides is 1. The fourth-order valence-electron chi connectivity index (χ4n) is 4.97. The lowest BCUT2D eigenvalue weighted by molar-refractivity contribution is -0.120. The molecular weight excluding hydrogens is 560 g/mol. The third-order valence-corrected chi connectivity index (χ3v) is 7.35. The van der Waals surface area contributed by atoms with Crippen molar-refractivity contribution in [1.82, 2.24) is 25.4 Å². The number of hydrogen-bond donors (Lipinski definition) is 2. The van der Waals surface area contributed by atoms with Crippen molar-refractivity contribution in [3.05, 3.63) is 47.6 Å². The van der Waals surface area contributed by atoms with Crippen LogP contribution in [-0.2, 0) is 4.79 Å². The summed E-state index contributed by atoms with van der Waals surface area (Å²) in [6, 6.07) is 0.930. The van der Waals surface area contributed by atoms with Crippen LogP contribution in [-0.4, -0.2) is 57.7 Å². The summed E-state index contributed by atoms with van der Waals surface area (Å²) in [6.07, 6.45) is 7.20. The summed E-state index contributed by atoms with van der Waals surface area (Å²) < 4.78 is 40.2. The average molecular weight is 600 g/mol. The minimum atomic E-state index is -1.07. The Balaban J connectivity index is 1.21. The van der Waals surface area contributed by atoms with Gasteiger partial charge in [-0.15, -0.1) is 0 Å². The molecular formula is C30H39F2N7O4. The Hall–Kier alpha value is -4.16. The SMILES string of the molecule is CC(C)C[C@H](NC(=O)c1c(F)cc(OCCCC2CCN(c3ncc(-c4noc(C(C)C)n4)cn3)CC2)cc1F)C(N)=O. The largest absolute Gasteiger partial charge is 0.493 e. The molecule has 11 nitrogen and oxygen atoms in total. The Morgan fingerprint density at radius 2 is 1.77 bits per heavy atom. The molecule has 3 heterocycles. The molecule has 1 aliphatic rings. The minimum absolute atomic E-state index is 0.00292. The van der Waals surface area contributed by atoms with Crippen LogP contribution < -0.4 is 20.7 Å². The van der Waals surface area contributed by atoms with Crippen molar-refractivity contribution < 1.29 is 27.6 Å². The van der Waals surface area contributed by atoms with Crippen molar-refractivity contribution in [2.75, 3.05) is 24.6 Å². The average Bonchev–Trinajstić information content (AvgIpc) is 3.46. The summed E-state index contributed by atoms with van der Waals surface area (Å²) in [5.41, 5.74) is 5.25. The first-order chi connectivity index (χ1) is 20.5. The van der Waals surface area contributed by atoms with Crippen LogP contribution in [0.15, 0.2) is 29.0 Å². The second kappa shape index (κ2) is 14.3. The number of anilines is 1. The number of amides is 2. The Kier molecular flexibility index (Phi) is 10.6. The molecule has 0 saturated carbocycles. The molecule has 43 heavy (non-hydrogen) atoms. The summed E-state index contributed by atoms with van der Waals surface area (Å²) in [5, 5.41) is 6.33. The molecule has 1 aliphatic heterocycles. The zero-order valence-electron chi connectivity index (χ0n) is 25.0.